The van der Waals surface area contributed by atoms with Gasteiger partial charge >= 0.3 is 5.97 Å². The van der Waals surface area contributed by atoms with Gasteiger partial charge in [-0.3, -0.25) is 4.79 Å². The first-order valence-corrected chi connectivity index (χ1v) is 14.2. The lowest BCUT2D eigenvalue weighted by Gasteiger charge is -2.13. The molecule has 7 nitrogen and oxygen atoms in total. The smallest absolute Gasteiger partial charge is 0.344 e. The van der Waals surface area contributed by atoms with Crippen LogP contribution < -0.4 is 9.47 Å². The lowest BCUT2D eigenvalue weighted by molar-refractivity contribution is -0.138. The number of rotatable bonds is 8. The van der Waals surface area contributed by atoms with Crippen LogP contribution in [0.25, 0.3) is 16.8 Å². The zero-order valence-corrected chi connectivity index (χ0v) is 24.2. The maximum Gasteiger partial charge on any atom is 0.344 e. The van der Waals surface area contributed by atoms with Crippen LogP contribution in [-0.2, 0) is 16.1 Å². The molecule has 0 saturated carbocycles. The Hall–Kier alpha value is -4.82. The van der Waals surface area contributed by atoms with Crippen LogP contribution in [-0.4, -0.2) is 35.7 Å². The van der Waals surface area contributed by atoms with Gasteiger partial charge in [0.05, 0.1) is 18.6 Å². The molecule has 0 unspecified atom stereocenters. The second-order valence-corrected chi connectivity index (χ2v) is 10.5. The number of ether oxygens (including phenoxy) is 3. The molecule has 0 aromatic heterocycles. The number of aliphatic imine (C=N–C) groups is 1. The molecule has 1 aliphatic rings. The van der Waals surface area contributed by atoms with Crippen molar-refractivity contribution in [1.82, 2.24) is 0 Å². The van der Waals surface area contributed by atoms with Crippen LogP contribution in [0.15, 0.2) is 106 Å². The first-order valence-electron chi connectivity index (χ1n) is 13.4. The van der Waals surface area contributed by atoms with Crippen molar-refractivity contribution in [3.05, 3.63) is 123 Å². The van der Waals surface area contributed by atoms with E-state index in [1.165, 1.54) is 0 Å². The van der Waals surface area contributed by atoms with Crippen molar-refractivity contribution in [2.75, 3.05) is 13.7 Å². The van der Waals surface area contributed by atoms with Gasteiger partial charge in [-0.25, -0.2) is 9.79 Å². The molecule has 212 valence electrons. The van der Waals surface area contributed by atoms with Crippen LogP contribution in [0.3, 0.4) is 0 Å². The predicted molar refractivity (Wildman–Crippen MR) is 166 cm³/mol. The molecule has 0 radical (unpaired) electrons. The Balaban J connectivity index is 1.41. The summed E-state index contributed by atoms with van der Waals surface area (Å²) in [6.07, 6.45) is 1.69. The number of benzene rings is 4. The summed E-state index contributed by atoms with van der Waals surface area (Å²) < 4.78 is 16.9. The average Bonchev–Trinajstić information content (AvgIpc) is 3.30. The van der Waals surface area contributed by atoms with Gasteiger partial charge < -0.3 is 19.3 Å². The van der Waals surface area contributed by atoms with Crippen molar-refractivity contribution in [2.24, 2.45) is 4.99 Å². The third-order valence-corrected chi connectivity index (χ3v) is 7.64. The van der Waals surface area contributed by atoms with Gasteiger partial charge in [0.25, 0.3) is 5.91 Å². The summed E-state index contributed by atoms with van der Waals surface area (Å²) in [5.41, 5.74) is 2.98. The standard InChI is InChI=1S/C34H29NO6S/c1-4-40-34(38)30-31(36)29(42-33(30)35-32(37)24-15-12-21(2)13-16-24)19-22-14-17-27(28(18-22)39-3)41-20-25-10-7-9-23-8-5-6-11-26(23)25/h5-19,36H,4,20H2,1-3H3/b29-19-,35-33?. The third kappa shape index (κ3) is 6.24. The highest BCUT2D eigenvalue weighted by molar-refractivity contribution is 8.18. The molecule has 1 N–H and O–H groups in total. The molecule has 0 fully saturated rings. The van der Waals surface area contributed by atoms with Crippen molar-refractivity contribution in [3.8, 4) is 11.5 Å². The van der Waals surface area contributed by atoms with E-state index in [1.54, 1.807) is 44.4 Å². The number of thioether (sulfide) groups is 1. The fraction of sp³-hybridized carbons (Fsp3) is 0.147. The van der Waals surface area contributed by atoms with Gasteiger partial charge in [-0.15, -0.1) is 0 Å². The number of amides is 1. The van der Waals surface area contributed by atoms with Gasteiger partial charge in [0.2, 0.25) is 0 Å². The summed E-state index contributed by atoms with van der Waals surface area (Å²) in [6, 6.07) is 26.6. The van der Waals surface area contributed by atoms with Gasteiger partial charge in [-0.05, 0) is 66.1 Å². The van der Waals surface area contributed by atoms with E-state index in [4.69, 9.17) is 14.2 Å². The van der Waals surface area contributed by atoms with E-state index in [2.05, 4.69) is 23.2 Å². The predicted octanol–water partition coefficient (Wildman–Crippen LogP) is 7.44. The maximum atomic E-state index is 12.9. The van der Waals surface area contributed by atoms with E-state index in [0.717, 1.165) is 33.7 Å². The number of carbonyl (C=O) groups excluding carboxylic acids is 2. The zero-order valence-electron chi connectivity index (χ0n) is 23.4. The van der Waals surface area contributed by atoms with Gasteiger partial charge in [0, 0.05) is 5.56 Å². The second kappa shape index (κ2) is 12.8. The maximum absolute atomic E-state index is 12.9. The number of hydrogen-bond donors (Lipinski definition) is 1. The summed E-state index contributed by atoms with van der Waals surface area (Å²) in [6.45, 7) is 4.05. The number of esters is 1. The number of aliphatic hydroxyl groups is 1. The van der Waals surface area contributed by atoms with E-state index in [9.17, 15) is 14.7 Å². The van der Waals surface area contributed by atoms with Crippen molar-refractivity contribution in [1.29, 1.82) is 0 Å². The molecule has 4 aromatic carbocycles. The molecule has 42 heavy (non-hydrogen) atoms. The summed E-state index contributed by atoms with van der Waals surface area (Å²) in [5.74, 6) is -0.516. The van der Waals surface area contributed by atoms with Crippen LogP contribution in [0.5, 0.6) is 11.5 Å². The van der Waals surface area contributed by atoms with E-state index < -0.39 is 11.9 Å². The monoisotopic (exact) mass is 579 g/mol. The van der Waals surface area contributed by atoms with E-state index in [-0.39, 0.29) is 23.0 Å². The Bertz CT molecular complexity index is 1750. The minimum absolute atomic E-state index is 0.0739. The van der Waals surface area contributed by atoms with Crippen molar-refractivity contribution >= 4 is 45.5 Å². The lowest BCUT2D eigenvalue weighted by Crippen LogP contribution is -2.14. The molecule has 0 atom stereocenters. The summed E-state index contributed by atoms with van der Waals surface area (Å²) in [5, 5.41) is 13.4. The average molecular weight is 580 g/mol. The van der Waals surface area contributed by atoms with Gasteiger partial charge in [0.1, 0.15) is 23.0 Å². The van der Waals surface area contributed by atoms with Crippen molar-refractivity contribution < 1.29 is 28.9 Å². The van der Waals surface area contributed by atoms with E-state index >= 15 is 0 Å². The van der Waals surface area contributed by atoms with Crippen LogP contribution in [0.4, 0.5) is 0 Å². The summed E-state index contributed by atoms with van der Waals surface area (Å²) >= 11 is 1.02. The first kappa shape index (κ1) is 28.7. The minimum atomic E-state index is -0.754. The lowest BCUT2D eigenvalue weighted by atomic mass is 10.1. The molecule has 5 rings (SSSR count). The van der Waals surface area contributed by atoms with Crippen LogP contribution in [0, 0.1) is 6.92 Å². The highest BCUT2D eigenvalue weighted by Crippen LogP contribution is 2.40. The molecule has 1 heterocycles. The SMILES string of the molecule is CCOC(=O)C1=C(O)/C(=C/c2ccc(OCc3cccc4ccccc34)c(OC)c2)SC1=NC(=O)c1ccc(C)cc1. The number of aryl methyl sites for hydroxylation is 1. The molecular weight excluding hydrogens is 550 g/mol. The van der Waals surface area contributed by atoms with Crippen LogP contribution in [0.2, 0.25) is 0 Å². The topological polar surface area (TPSA) is 94.4 Å². The molecule has 1 aliphatic heterocycles. The van der Waals surface area contributed by atoms with Crippen LogP contribution in [0.1, 0.15) is 34.0 Å². The fourth-order valence-electron chi connectivity index (χ4n) is 4.46. The fourth-order valence-corrected chi connectivity index (χ4v) is 5.48. The highest BCUT2D eigenvalue weighted by atomic mass is 32.2. The first-order chi connectivity index (χ1) is 20.4. The van der Waals surface area contributed by atoms with Crippen molar-refractivity contribution in [3.63, 3.8) is 0 Å². The Labute approximate surface area is 248 Å². The number of nitrogens with zero attached hydrogens (tertiary/aromatic N) is 1. The van der Waals surface area contributed by atoms with Gasteiger partial charge in [-0.1, -0.05) is 78.0 Å². The molecule has 0 saturated heterocycles. The van der Waals surface area contributed by atoms with Gasteiger partial charge in [0.15, 0.2) is 11.5 Å². The number of aliphatic hydroxyl groups excluding tert-OH is 1. The largest absolute Gasteiger partial charge is 0.506 e. The Morgan fingerprint density at radius 1 is 0.952 bits per heavy atom. The third-order valence-electron chi connectivity index (χ3n) is 6.62. The second-order valence-electron chi connectivity index (χ2n) is 9.48. The highest BCUT2D eigenvalue weighted by Gasteiger charge is 2.34. The molecular formula is C34H29NO6S. The molecule has 4 aromatic rings. The van der Waals surface area contributed by atoms with Crippen LogP contribution >= 0.6 is 11.8 Å². The molecule has 8 heteroatoms. The zero-order chi connectivity index (χ0) is 29.6. The Morgan fingerprint density at radius 3 is 2.48 bits per heavy atom. The minimum Gasteiger partial charge on any atom is -0.506 e. The van der Waals surface area contributed by atoms with E-state index in [1.807, 2.05) is 49.4 Å². The molecule has 1 amide bonds. The number of hydrogen-bond acceptors (Lipinski definition) is 7. The summed E-state index contributed by atoms with van der Waals surface area (Å²) in [4.78, 5) is 30.1. The molecule has 0 aliphatic carbocycles. The molecule has 0 spiro atoms. The quantitative estimate of drug-likeness (QED) is 0.217. The number of methoxy groups -OCH3 is 1. The molecule has 0 bridgehead atoms. The number of fused-ring (bicyclic) bond motifs is 1. The van der Waals surface area contributed by atoms with Gasteiger partial charge in [-0.2, -0.15) is 0 Å². The van der Waals surface area contributed by atoms with E-state index in [0.29, 0.717) is 34.1 Å². The Morgan fingerprint density at radius 2 is 1.71 bits per heavy atom. The van der Waals surface area contributed by atoms with Crippen molar-refractivity contribution in [2.45, 2.75) is 20.5 Å². The normalized spacial score (nSPS) is 14.9. The summed E-state index contributed by atoms with van der Waals surface area (Å²) in [7, 11) is 1.55. The number of carbonyl (C=O) groups is 2. The Kier molecular flexibility index (Phi) is 8.74.